The molecule has 4 nitrogen and oxygen atoms in total. The van der Waals surface area contributed by atoms with Gasteiger partial charge in [0.25, 0.3) is 0 Å². The number of benzene rings is 1. The molecule has 0 saturated heterocycles. The topological polar surface area (TPSA) is 68.0 Å². The maximum absolute atomic E-state index is 11.6. The van der Waals surface area contributed by atoms with E-state index in [0.717, 1.165) is 15.9 Å². The van der Waals surface area contributed by atoms with Crippen molar-refractivity contribution in [2.75, 3.05) is 11.9 Å². The van der Waals surface area contributed by atoms with Gasteiger partial charge in [0.1, 0.15) is 0 Å². The van der Waals surface area contributed by atoms with E-state index in [1.807, 2.05) is 18.2 Å². The van der Waals surface area contributed by atoms with Crippen molar-refractivity contribution in [3.05, 3.63) is 23.7 Å². The van der Waals surface area contributed by atoms with Gasteiger partial charge in [-0.1, -0.05) is 6.92 Å². The lowest BCUT2D eigenvalue weighted by Crippen LogP contribution is -2.26. The number of thiazole rings is 1. The first kappa shape index (κ1) is 11.0. The van der Waals surface area contributed by atoms with Crippen molar-refractivity contribution in [2.45, 2.75) is 6.92 Å². The quantitative estimate of drug-likeness (QED) is 0.852. The number of hydrogen-bond acceptors (Lipinski definition) is 4. The zero-order chi connectivity index (χ0) is 11.5. The van der Waals surface area contributed by atoms with Gasteiger partial charge in [0.15, 0.2) is 0 Å². The first-order chi connectivity index (χ1) is 7.70. The van der Waals surface area contributed by atoms with Crippen molar-refractivity contribution in [1.29, 1.82) is 0 Å². The Morgan fingerprint density at radius 1 is 1.62 bits per heavy atom. The van der Waals surface area contributed by atoms with E-state index >= 15 is 0 Å². The van der Waals surface area contributed by atoms with E-state index in [4.69, 9.17) is 5.73 Å². The highest BCUT2D eigenvalue weighted by Crippen LogP contribution is 2.21. The van der Waals surface area contributed by atoms with Gasteiger partial charge in [-0.2, -0.15) is 0 Å². The zero-order valence-corrected chi connectivity index (χ0v) is 9.75. The summed E-state index contributed by atoms with van der Waals surface area (Å²) in [5, 5.41) is 2.82. The SMILES string of the molecule is CC(CN)C(=O)Nc1ccc2scnc2c1. The summed E-state index contributed by atoms with van der Waals surface area (Å²) >= 11 is 1.58. The van der Waals surface area contributed by atoms with E-state index in [1.54, 1.807) is 23.8 Å². The van der Waals surface area contributed by atoms with Crippen LogP contribution in [-0.4, -0.2) is 17.4 Å². The van der Waals surface area contributed by atoms with Crippen LogP contribution in [0.4, 0.5) is 5.69 Å². The molecule has 84 valence electrons. The normalized spacial score (nSPS) is 12.6. The highest BCUT2D eigenvalue weighted by molar-refractivity contribution is 7.16. The van der Waals surface area contributed by atoms with Crippen LogP contribution in [0.1, 0.15) is 6.92 Å². The monoisotopic (exact) mass is 235 g/mol. The van der Waals surface area contributed by atoms with Crippen molar-refractivity contribution in [3.8, 4) is 0 Å². The molecule has 0 aliphatic rings. The summed E-state index contributed by atoms with van der Waals surface area (Å²) in [7, 11) is 0. The molecule has 16 heavy (non-hydrogen) atoms. The highest BCUT2D eigenvalue weighted by Gasteiger charge is 2.11. The Balaban J connectivity index is 2.17. The molecule has 2 aromatic rings. The third-order valence-corrected chi connectivity index (χ3v) is 3.21. The van der Waals surface area contributed by atoms with Gasteiger partial charge in [0, 0.05) is 18.2 Å². The van der Waals surface area contributed by atoms with E-state index in [2.05, 4.69) is 10.3 Å². The average Bonchev–Trinajstić information content (AvgIpc) is 2.75. The lowest BCUT2D eigenvalue weighted by atomic mass is 10.1. The maximum atomic E-state index is 11.6. The first-order valence-corrected chi connectivity index (χ1v) is 5.93. The van der Waals surface area contributed by atoms with Crippen molar-refractivity contribution in [3.63, 3.8) is 0 Å². The number of amides is 1. The standard InChI is InChI=1S/C11H13N3OS/c1-7(5-12)11(15)14-8-2-3-10-9(4-8)13-6-16-10/h2-4,6-7H,5,12H2,1H3,(H,14,15). The Bertz CT molecular complexity index is 509. The van der Waals surface area contributed by atoms with Gasteiger partial charge in [-0.05, 0) is 18.2 Å². The van der Waals surface area contributed by atoms with E-state index in [1.165, 1.54) is 0 Å². The van der Waals surface area contributed by atoms with Gasteiger partial charge in [0.05, 0.1) is 15.7 Å². The smallest absolute Gasteiger partial charge is 0.228 e. The second-order valence-electron chi connectivity index (χ2n) is 3.66. The molecular weight excluding hydrogens is 222 g/mol. The van der Waals surface area contributed by atoms with Gasteiger partial charge in [0.2, 0.25) is 5.91 Å². The van der Waals surface area contributed by atoms with Gasteiger partial charge < -0.3 is 11.1 Å². The summed E-state index contributed by atoms with van der Waals surface area (Å²) < 4.78 is 1.12. The largest absolute Gasteiger partial charge is 0.330 e. The van der Waals surface area contributed by atoms with Crippen LogP contribution in [0.3, 0.4) is 0 Å². The molecular formula is C11H13N3OS. The first-order valence-electron chi connectivity index (χ1n) is 5.05. The second-order valence-corrected chi connectivity index (χ2v) is 4.55. The van der Waals surface area contributed by atoms with E-state index in [0.29, 0.717) is 6.54 Å². The Kier molecular flexibility index (Phi) is 3.17. The minimum Gasteiger partial charge on any atom is -0.330 e. The molecule has 1 aromatic carbocycles. The number of fused-ring (bicyclic) bond motifs is 1. The number of rotatable bonds is 3. The second kappa shape index (κ2) is 4.59. The minimum absolute atomic E-state index is 0.0583. The van der Waals surface area contributed by atoms with Crippen LogP contribution in [-0.2, 0) is 4.79 Å². The minimum atomic E-state index is -0.175. The lowest BCUT2D eigenvalue weighted by molar-refractivity contribution is -0.119. The molecule has 0 aliphatic heterocycles. The predicted molar refractivity (Wildman–Crippen MR) is 66.5 cm³/mol. The molecule has 3 N–H and O–H groups in total. The number of carbonyl (C=O) groups excluding carboxylic acids is 1. The Morgan fingerprint density at radius 3 is 3.19 bits per heavy atom. The number of anilines is 1. The molecule has 0 spiro atoms. The number of aromatic nitrogens is 1. The van der Waals surface area contributed by atoms with Crippen LogP contribution < -0.4 is 11.1 Å². The molecule has 1 heterocycles. The summed E-state index contributed by atoms with van der Waals surface area (Å²) in [4.78, 5) is 15.8. The van der Waals surface area contributed by atoms with Crippen LogP contribution >= 0.6 is 11.3 Å². The van der Waals surface area contributed by atoms with Crippen molar-refractivity contribution in [2.24, 2.45) is 11.7 Å². The van der Waals surface area contributed by atoms with Crippen molar-refractivity contribution < 1.29 is 4.79 Å². The van der Waals surface area contributed by atoms with Crippen molar-refractivity contribution in [1.82, 2.24) is 4.98 Å². The van der Waals surface area contributed by atoms with Gasteiger partial charge in [-0.25, -0.2) is 4.98 Å². The summed E-state index contributed by atoms with van der Waals surface area (Å²) in [6.45, 7) is 2.15. The Hall–Kier alpha value is -1.46. The van der Waals surface area contributed by atoms with Gasteiger partial charge in [-0.3, -0.25) is 4.79 Å². The third kappa shape index (κ3) is 2.20. The van der Waals surface area contributed by atoms with Crippen LogP contribution in [0, 0.1) is 5.92 Å². The number of carbonyl (C=O) groups is 1. The molecule has 0 saturated carbocycles. The Morgan fingerprint density at radius 2 is 2.44 bits per heavy atom. The zero-order valence-electron chi connectivity index (χ0n) is 8.93. The summed E-state index contributed by atoms with van der Waals surface area (Å²) in [6, 6.07) is 5.70. The lowest BCUT2D eigenvalue weighted by Gasteiger charge is -2.09. The molecule has 0 radical (unpaired) electrons. The summed E-state index contributed by atoms with van der Waals surface area (Å²) in [5.41, 5.74) is 8.89. The molecule has 0 fully saturated rings. The fourth-order valence-corrected chi connectivity index (χ4v) is 1.97. The maximum Gasteiger partial charge on any atom is 0.228 e. The molecule has 2 rings (SSSR count). The average molecular weight is 235 g/mol. The van der Waals surface area contributed by atoms with E-state index in [-0.39, 0.29) is 11.8 Å². The van der Waals surface area contributed by atoms with Crippen LogP contribution in [0.15, 0.2) is 23.7 Å². The van der Waals surface area contributed by atoms with E-state index in [9.17, 15) is 4.79 Å². The summed E-state index contributed by atoms with van der Waals surface area (Å²) in [6.07, 6.45) is 0. The number of nitrogens with one attached hydrogen (secondary N) is 1. The number of hydrogen-bond donors (Lipinski definition) is 2. The molecule has 0 aliphatic carbocycles. The van der Waals surface area contributed by atoms with E-state index < -0.39 is 0 Å². The molecule has 1 aromatic heterocycles. The molecule has 1 unspecified atom stereocenters. The van der Waals surface area contributed by atoms with Crippen LogP contribution in [0.2, 0.25) is 0 Å². The number of nitrogens with two attached hydrogens (primary N) is 1. The van der Waals surface area contributed by atoms with Crippen LogP contribution in [0.5, 0.6) is 0 Å². The summed E-state index contributed by atoms with van der Waals surface area (Å²) in [5.74, 6) is -0.233. The van der Waals surface area contributed by atoms with Gasteiger partial charge >= 0.3 is 0 Å². The molecule has 0 bridgehead atoms. The highest BCUT2D eigenvalue weighted by atomic mass is 32.1. The van der Waals surface area contributed by atoms with Crippen molar-refractivity contribution >= 4 is 33.1 Å². The molecule has 1 amide bonds. The predicted octanol–water partition coefficient (Wildman–Crippen LogP) is 1.83. The molecule has 5 heteroatoms. The fraction of sp³-hybridized carbons (Fsp3) is 0.273. The fourth-order valence-electron chi connectivity index (χ4n) is 1.31. The molecule has 1 atom stereocenters. The Labute approximate surface area is 97.5 Å². The third-order valence-electron chi connectivity index (χ3n) is 2.40. The number of nitrogens with zero attached hydrogens (tertiary/aromatic N) is 1. The van der Waals surface area contributed by atoms with Crippen LogP contribution in [0.25, 0.3) is 10.2 Å². The van der Waals surface area contributed by atoms with Gasteiger partial charge in [-0.15, -0.1) is 11.3 Å².